The summed E-state index contributed by atoms with van der Waals surface area (Å²) in [7, 11) is 3.54. The van der Waals surface area contributed by atoms with E-state index in [1.165, 1.54) is 11.6 Å². The Morgan fingerprint density at radius 2 is 1.89 bits per heavy atom. The number of hydrogen-bond acceptors (Lipinski definition) is 6. The molecule has 1 heterocycles. The third kappa shape index (κ3) is 7.92. The van der Waals surface area contributed by atoms with Crippen LogP contribution in [0.25, 0.3) is 6.08 Å². The summed E-state index contributed by atoms with van der Waals surface area (Å²) in [5.74, 6) is 0.789. The van der Waals surface area contributed by atoms with Crippen molar-refractivity contribution in [3.8, 4) is 0 Å². The molecule has 0 fully saturated rings. The van der Waals surface area contributed by atoms with E-state index in [2.05, 4.69) is 31.8 Å². The topological polar surface area (TPSA) is 79.7 Å². The predicted octanol–water partition coefficient (Wildman–Crippen LogP) is 5.91. The highest BCUT2D eigenvalue weighted by atomic mass is 16.6. The van der Waals surface area contributed by atoms with Gasteiger partial charge in [-0.3, -0.25) is 4.79 Å². The Labute approximate surface area is 228 Å². The minimum Gasteiger partial charge on any atom is -0.459 e. The van der Waals surface area contributed by atoms with Gasteiger partial charge in [-0.25, -0.2) is 9.78 Å². The van der Waals surface area contributed by atoms with Gasteiger partial charge in [0.2, 0.25) is 0 Å². The number of aromatic nitrogens is 2. The van der Waals surface area contributed by atoms with E-state index in [9.17, 15) is 9.59 Å². The maximum absolute atomic E-state index is 12.9. The van der Waals surface area contributed by atoms with Gasteiger partial charge < -0.3 is 18.8 Å². The number of nitrogens with zero attached hydrogens (tertiary/aromatic N) is 2. The van der Waals surface area contributed by atoms with Gasteiger partial charge in [0.05, 0.1) is 17.4 Å². The van der Waals surface area contributed by atoms with Gasteiger partial charge in [-0.2, -0.15) is 0 Å². The molecular weight excluding hydrogens is 480 g/mol. The van der Waals surface area contributed by atoms with Crippen LogP contribution in [0.2, 0.25) is 0 Å². The summed E-state index contributed by atoms with van der Waals surface area (Å²) in [5.41, 5.74) is 1.43. The van der Waals surface area contributed by atoms with Gasteiger partial charge in [-0.05, 0) is 76.7 Å². The molecule has 7 heteroatoms. The highest BCUT2D eigenvalue weighted by Gasteiger charge is 2.41. The van der Waals surface area contributed by atoms with Gasteiger partial charge in [-0.1, -0.05) is 37.6 Å². The zero-order valence-corrected chi connectivity index (χ0v) is 24.3. The van der Waals surface area contributed by atoms with Gasteiger partial charge >= 0.3 is 11.9 Å². The molecule has 210 valence electrons. The molecule has 3 rings (SSSR count). The van der Waals surface area contributed by atoms with E-state index in [-0.39, 0.29) is 42.1 Å². The Bertz CT molecular complexity index is 1040. The van der Waals surface area contributed by atoms with Crippen molar-refractivity contribution >= 4 is 18.0 Å². The Morgan fingerprint density at radius 1 is 1.16 bits per heavy atom. The summed E-state index contributed by atoms with van der Waals surface area (Å²) in [6.07, 6.45) is 14.9. The highest BCUT2D eigenvalue weighted by molar-refractivity contribution is 5.86. The number of esters is 2. The zero-order chi connectivity index (χ0) is 28.0. The molecule has 0 saturated heterocycles. The number of aryl methyl sites for hydroxylation is 1. The summed E-state index contributed by atoms with van der Waals surface area (Å²) >= 11 is 0. The SMILES string of the molecule is CO[C@@H]1/C=C\C[C@@H](OC(=O)/C=C/c2cn(C)cn2)C[C@H]2C(C)=CC[C@H](C(C)C)[C@H]2C[C@H]1OC(=O)C(C)(C)C. The lowest BCUT2D eigenvalue weighted by Gasteiger charge is -2.43. The molecule has 2 aliphatic rings. The predicted molar refractivity (Wildman–Crippen MR) is 149 cm³/mol. The number of rotatable bonds is 6. The average molecular weight is 527 g/mol. The molecule has 0 saturated carbocycles. The molecule has 1 aromatic heterocycles. The molecule has 0 bridgehead atoms. The zero-order valence-electron chi connectivity index (χ0n) is 24.3. The van der Waals surface area contributed by atoms with Gasteiger partial charge in [0, 0.05) is 32.9 Å². The summed E-state index contributed by atoms with van der Waals surface area (Å²) in [5, 5.41) is 0. The third-order valence-electron chi connectivity index (χ3n) is 7.87. The summed E-state index contributed by atoms with van der Waals surface area (Å²) in [6.45, 7) is 12.3. The normalized spacial score (nSPS) is 29.4. The van der Waals surface area contributed by atoms with E-state index in [0.29, 0.717) is 30.4 Å². The number of methoxy groups -OCH3 is 1. The largest absolute Gasteiger partial charge is 0.459 e. The van der Waals surface area contributed by atoms with E-state index in [1.54, 1.807) is 19.5 Å². The van der Waals surface area contributed by atoms with Gasteiger partial charge in [-0.15, -0.1) is 0 Å². The fourth-order valence-electron chi connectivity index (χ4n) is 5.65. The number of hydrogen-bond donors (Lipinski definition) is 0. The molecule has 7 nitrogen and oxygen atoms in total. The van der Waals surface area contributed by atoms with Crippen LogP contribution >= 0.6 is 0 Å². The number of allylic oxidation sites excluding steroid dienone is 2. The number of fused-ring (bicyclic) bond motifs is 1. The molecule has 2 aliphatic carbocycles. The van der Waals surface area contributed by atoms with Crippen molar-refractivity contribution in [3.63, 3.8) is 0 Å². The van der Waals surface area contributed by atoms with Gasteiger partial charge in [0.15, 0.2) is 0 Å². The number of ether oxygens (including phenoxy) is 3. The fraction of sp³-hybridized carbons (Fsp3) is 0.645. The van der Waals surface area contributed by atoms with Crippen molar-refractivity contribution in [1.82, 2.24) is 9.55 Å². The molecule has 0 amide bonds. The van der Waals surface area contributed by atoms with Crippen LogP contribution in [0.3, 0.4) is 0 Å². The van der Waals surface area contributed by atoms with Crippen molar-refractivity contribution in [2.45, 2.75) is 85.5 Å². The first kappa shape index (κ1) is 29.9. The first-order chi connectivity index (χ1) is 17.9. The molecule has 0 aromatic carbocycles. The van der Waals surface area contributed by atoms with Crippen LogP contribution < -0.4 is 0 Å². The maximum atomic E-state index is 12.9. The van der Waals surface area contributed by atoms with Gasteiger partial charge in [0.25, 0.3) is 0 Å². The Kier molecular flexibility index (Phi) is 10.2. The molecule has 0 N–H and O–H groups in total. The van der Waals surface area contributed by atoms with Crippen LogP contribution in [0.4, 0.5) is 0 Å². The Balaban J connectivity index is 1.90. The van der Waals surface area contributed by atoms with Crippen LogP contribution in [0, 0.1) is 29.1 Å². The Hall–Kier alpha value is -2.67. The van der Waals surface area contributed by atoms with E-state index in [0.717, 1.165) is 12.8 Å². The van der Waals surface area contributed by atoms with Crippen molar-refractivity contribution in [2.75, 3.05) is 7.11 Å². The number of carbonyl (C=O) groups excluding carboxylic acids is 2. The molecule has 0 unspecified atom stereocenters. The van der Waals surface area contributed by atoms with Crippen LogP contribution in [0.15, 0.2) is 42.4 Å². The van der Waals surface area contributed by atoms with Crippen LogP contribution in [0.5, 0.6) is 0 Å². The molecule has 6 atom stereocenters. The molecule has 38 heavy (non-hydrogen) atoms. The molecular formula is C31H46N2O5. The van der Waals surface area contributed by atoms with E-state index < -0.39 is 5.41 Å². The van der Waals surface area contributed by atoms with E-state index in [1.807, 2.05) is 50.7 Å². The summed E-state index contributed by atoms with van der Waals surface area (Å²) < 4.78 is 19.8. The second-order valence-corrected chi connectivity index (χ2v) is 12.2. The first-order valence-corrected chi connectivity index (χ1v) is 13.8. The van der Waals surface area contributed by atoms with E-state index >= 15 is 0 Å². The minimum absolute atomic E-state index is 0.216. The molecule has 0 spiro atoms. The smallest absolute Gasteiger partial charge is 0.331 e. The quantitative estimate of drug-likeness (QED) is 0.260. The molecule has 1 aromatic rings. The Morgan fingerprint density at radius 3 is 2.50 bits per heavy atom. The summed E-state index contributed by atoms with van der Waals surface area (Å²) in [6, 6.07) is 0. The second kappa shape index (κ2) is 12.9. The van der Waals surface area contributed by atoms with Crippen molar-refractivity contribution < 1.29 is 23.8 Å². The van der Waals surface area contributed by atoms with Crippen molar-refractivity contribution in [3.05, 3.63) is 48.1 Å². The third-order valence-corrected chi connectivity index (χ3v) is 7.87. The minimum atomic E-state index is -0.599. The van der Waals surface area contributed by atoms with Crippen molar-refractivity contribution in [2.24, 2.45) is 36.1 Å². The average Bonchev–Trinajstić information content (AvgIpc) is 3.26. The van der Waals surface area contributed by atoms with E-state index in [4.69, 9.17) is 14.2 Å². The first-order valence-electron chi connectivity index (χ1n) is 13.8. The molecule has 0 aliphatic heterocycles. The lowest BCUT2D eigenvalue weighted by atomic mass is 9.64. The molecule has 0 radical (unpaired) electrons. The van der Waals surface area contributed by atoms with Crippen LogP contribution in [-0.4, -0.2) is 46.9 Å². The fourth-order valence-corrected chi connectivity index (χ4v) is 5.65. The standard InChI is InChI=1S/C31H46N2O5/c1-20(2)24-14-12-21(3)25-16-23(37-29(34)15-13-22-18-33(7)19-32-22)10-9-11-27(36-8)28(17-26(24)25)38-30(35)31(4,5)6/h9,11-13,15,18-20,23-28H,10,14,16-17H2,1-8H3/b11-9-,15-13+/t23-,24-,25+,26-,27-,28-/m1/s1. The highest BCUT2D eigenvalue weighted by Crippen LogP contribution is 2.45. The van der Waals surface area contributed by atoms with Crippen molar-refractivity contribution in [1.29, 1.82) is 0 Å². The number of imidazole rings is 1. The van der Waals surface area contributed by atoms with Crippen LogP contribution in [-0.2, 0) is 30.8 Å². The second-order valence-electron chi connectivity index (χ2n) is 12.2. The lowest BCUT2D eigenvalue weighted by Crippen LogP contribution is -2.42. The maximum Gasteiger partial charge on any atom is 0.331 e. The monoisotopic (exact) mass is 526 g/mol. The number of carbonyl (C=O) groups is 2. The lowest BCUT2D eigenvalue weighted by molar-refractivity contribution is -0.166. The van der Waals surface area contributed by atoms with Gasteiger partial charge in [0.1, 0.15) is 18.3 Å². The van der Waals surface area contributed by atoms with Crippen LogP contribution in [0.1, 0.15) is 72.9 Å². The summed E-state index contributed by atoms with van der Waals surface area (Å²) in [4.78, 5) is 30.0.